The highest BCUT2D eigenvalue weighted by Gasteiger charge is 2.12. The Hall–Kier alpha value is -1.07. The van der Waals surface area contributed by atoms with E-state index < -0.39 is 0 Å². The van der Waals surface area contributed by atoms with Crippen LogP contribution in [0.5, 0.6) is 0 Å². The molecule has 1 atom stereocenters. The van der Waals surface area contributed by atoms with Gasteiger partial charge in [-0.2, -0.15) is 0 Å². The van der Waals surface area contributed by atoms with Crippen molar-refractivity contribution in [2.24, 2.45) is 0 Å². The number of thioether (sulfide) groups is 1. The van der Waals surface area contributed by atoms with Gasteiger partial charge in [0.15, 0.2) is 0 Å². The zero-order valence-electron chi connectivity index (χ0n) is 10.3. The Balaban J connectivity index is 1.68. The van der Waals surface area contributed by atoms with Gasteiger partial charge in [-0.1, -0.05) is 0 Å². The first-order valence-electron chi connectivity index (χ1n) is 6.36. The summed E-state index contributed by atoms with van der Waals surface area (Å²) < 4.78 is 0. The van der Waals surface area contributed by atoms with Gasteiger partial charge in [0.05, 0.1) is 4.92 Å². The lowest BCUT2D eigenvalue weighted by Gasteiger charge is -2.09. The second-order valence-corrected chi connectivity index (χ2v) is 5.70. The number of nitro benzene ring substituents is 1. The second-order valence-electron chi connectivity index (χ2n) is 4.53. The van der Waals surface area contributed by atoms with Crippen LogP contribution in [0.2, 0.25) is 0 Å². The Morgan fingerprint density at radius 2 is 2.17 bits per heavy atom. The molecule has 1 aromatic carbocycles. The van der Waals surface area contributed by atoms with Crippen molar-refractivity contribution in [3.8, 4) is 0 Å². The SMILES string of the molecule is O=[N+]([O-])c1ccc(SCCCC2CCCN2)cc1. The molecular formula is C13H18N2O2S. The number of hydrogen-bond donors (Lipinski definition) is 1. The minimum Gasteiger partial charge on any atom is -0.314 e. The molecule has 0 spiro atoms. The largest absolute Gasteiger partial charge is 0.314 e. The normalized spacial score (nSPS) is 19.0. The van der Waals surface area contributed by atoms with Crippen LogP contribution < -0.4 is 5.32 Å². The van der Waals surface area contributed by atoms with E-state index in [-0.39, 0.29) is 10.6 Å². The summed E-state index contributed by atoms with van der Waals surface area (Å²) >= 11 is 1.77. The summed E-state index contributed by atoms with van der Waals surface area (Å²) in [5.74, 6) is 1.08. The van der Waals surface area contributed by atoms with Crippen LogP contribution in [0.4, 0.5) is 5.69 Å². The molecule has 98 valence electrons. The zero-order valence-corrected chi connectivity index (χ0v) is 11.1. The molecule has 2 rings (SSSR count). The number of rotatable bonds is 6. The molecule has 1 fully saturated rings. The van der Waals surface area contributed by atoms with Gasteiger partial charge >= 0.3 is 0 Å². The van der Waals surface area contributed by atoms with Crippen LogP contribution in [0.1, 0.15) is 25.7 Å². The topological polar surface area (TPSA) is 55.2 Å². The summed E-state index contributed by atoms with van der Waals surface area (Å²) in [6.07, 6.45) is 5.04. The lowest BCUT2D eigenvalue weighted by molar-refractivity contribution is -0.384. The Kier molecular flexibility index (Phi) is 5.01. The zero-order chi connectivity index (χ0) is 12.8. The highest BCUT2D eigenvalue weighted by Crippen LogP contribution is 2.23. The van der Waals surface area contributed by atoms with Crippen LogP contribution >= 0.6 is 11.8 Å². The Morgan fingerprint density at radius 1 is 1.39 bits per heavy atom. The predicted octanol–water partition coefficient (Wildman–Crippen LogP) is 3.22. The highest BCUT2D eigenvalue weighted by atomic mass is 32.2. The highest BCUT2D eigenvalue weighted by molar-refractivity contribution is 7.99. The van der Waals surface area contributed by atoms with Crippen molar-refractivity contribution in [1.82, 2.24) is 5.32 Å². The molecule has 4 nitrogen and oxygen atoms in total. The number of nitrogens with one attached hydrogen (secondary N) is 1. The maximum absolute atomic E-state index is 10.5. The minimum atomic E-state index is -0.361. The van der Waals surface area contributed by atoms with E-state index in [9.17, 15) is 10.1 Å². The number of non-ortho nitro benzene ring substituents is 1. The number of nitrogens with zero attached hydrogens (tertiary/aromatic N) is 1. The first-order chi connectivity index (χ1) is 8.75. The fourth-order valence-corrected chi connectivity index (χ4v) is 3.06. The van der Waals surface area contributed by atoms with E-state index >= 15 is 0 Å². The average Bonchev–Trinajstić information content (AvgIpc) is 2.88. The lowest BCUT2D eigenvalue weighted by Crippen LogP contribution is -2.20. The molecule has 1 aliphatic heterocycles. The summed E-state index contributed by atoms with van der Waals surface area (Å²) in [6, 6.07) is 7.51. The van der Waals surface area contributed by atoms with E-state index in [1.54, 1.807) is 23.9 Å². The number of nitro groups is 1. The molecule has 1 N–H and O–H groups in total. The standard InChI is InChI=1S/C13H18N2O2S/c16-15(17)12-5-7-13(8-6-12)18-10-2-4-11-3-1-9-14-11/h5-8,11,14H,1-4,9-10H2. The fourth-order valence-electron chi connectivity index (χ4n) is 2.19. The molecule has 0 radical (unpaired) electrons. The Morgan fingerprint density at radius 3 is 2.78 bits per heavy atom. The Bertz CT molecular complexity index is 388. The molecule has 0 saturated carbocycles. The molecule has 0 amide bonds. The van der Waals surface area contributed by atoms with E-state index in [1.807, 2.05) is 12.1 Å². The third kappa shape index (κ3) is 3.99. The first-order valence-corrected chi connectivity index (χ1v) is 7.35. The van der Waals surface area contributed by atoms with Gasteiger partial charge in [0, 0.05) is 23.1 Å². The molecule has 1 aromatic rings. The maximum atomic E-state index is 10.5. The minimum absolute atomic E-state index is 0.162. The van der Waals surface area contributed by atoms with Crippen molar-refractivity contribution in [2.45, 2.75) is 36.6 Å². The van der Waals surface area contributed by atoms with Crippen molar-refractivity contribution < 1.29 is 4.92 Å². The summed E-state index contributed by atoms with van der Waals surface area (Å²) in [7, 11) is 0. The fraction of sp³-hybridized carbons (Fsp3) is 0.538. The van der Waals surface area contributed by atoms with Gasteiger partial charge in [0.25, 0.3) is 5.69 Å². The molecule has 0 aromatic heterocycles. The summed E-state index contributed by atoms with van der Waals surface area (Å²) in [4.78, 5) is 11.3. The van der Waals surface area contributed by atoms with Crippen LogP contribution in [0.25, 0.3) is 0 Å². The monoisotopic (exact) mass is 266 g/mol. The van der Waals surface area contributed by atoms with Gasteiger partial charge in [0.1, 0.15) is 0 Å². The van der Waals surface area contributed by atoms with E-state index in [2.05, 4.69) is 5.32 Å². The van der Waals surface area contributed by atoms with Crippen LogP contribution in [-0.2, 0) is 0 Å². The van der Waals surface area contributed by atoms with Gasteiger partial charge in [-0.3, -0.25) is 10.1 Å². The van der Waals surface area contributed by atoms with Crippen molar-refractivity contribution in [1.29, 1.82) is 0 Å². The Labute approximate surface area is 111 Å². The molecule has 0 aliphatic carbocycles. The van der Waals surface area contributed by atoms with Crippen LogP contribution in [0.3, 0.4) is 0 Å². The predicted molar refractivity (Wildman–Crippen MR) is 74.1 cm³/mol. The van der Waals surface area contributed by atoms with Crippen molar-refractivity contribution in [3.05, 3.63) is 34.4 Å². The van der Waals surface area contributed by atoms with Crippen molar-refractivity contribution in [3.63, 3.8) is 0 Å². The lowest BCUT2D eigenvalue weighted by atomic mass is 10.1. The number of benzene rings is 1. The van der Waals surface area contributed by atoms with E-state index in [1.165, 1.54) is 32.2 Å². The molecular weight excluding hydrogens is 248 g/mol. The van der Waals surface area contributed by atoms with Gasteiger partial charge in [-0.25, -0.2) is 0 Å². The smallest absolute Gasteiger partial charge is 0.269 e. The first kappa shape index (κ1) is 13.4. The molecule has 1 aliphatic rings. The second kappa shape index (κ2) is 6.75. The van der Waals surface area contributed by atoms with Crippen LogP contribution in [-0.4, -0.2) is 23.3 Å². The van der Waals surface area contributed by atoms with Crippen molar-refractivity contribution >= 4 is 17.4 Å². The average molecular weight is 266 g/mol. The molecule has 18 heavy (non-hydrogen) atoms. The summed E-state index contributed by atoms with van der Waals surface area (Å²) in [6.45, 7) is 1.17. The molecule has 5 heteroatoms. The molecule has 1 heterocycles. The third-order valence-electron chi connectivity index (χ3n) is 3.18. The van der Waals surface area contributed by atoms with E-state index in [0.29, 0.717) is 6.04 Å². The van der Waals surface area contributed by atoms with Gasteiger partial charge in [-0.05, 0) is 50.1 Å². The summed E-state index contributed by atoms with van der Waals surface area (Å²) in [5, 5.41) is 14.0. The van der Waals surface area contributed by atoms with E-state index in [4.69, 9.17) is 0 Å². The van der Waals surface area contributed by atoms with E-state index in [0.717, 1.165) is 10.6 Å². The molecule has 1 unspecified atom stereocenters. The third-order valence-corrected chi connectivity index (χ3v) is 4.27. The quantitative estimate of drug-likeness (QED) is 0.372. The molecule has 0 bridgehead atoms. The molecule has 1 saturated heterocycles. The van der Waals surface area contributed by atoms with Crippen molar-refractivity contribution in [2.75, 3.05) is 12.3 Å². The maximum Gasteiger partial charge on any atom is 0.269 e. The van der Waals surface area contributed by atoms with Crippen LogP contribution in [0, 0.1) is 10.1 Å². The van der Waals surface area contributed by atoms with Gasteiger partial charge in [0.2, 0.25) is 0 Å². The number of hydrogen-bond acceptors (Lipinski definition) is 4. The van der Waals surface area contributed by atoms with Crippen LogP contribution in [0.15, 0.2) is 29.2 Å². The summed E-state index contributed by atoms with van der Waals surface area (Å²) in [5.41, 5.74) is 0.162. The van der Waals surface area contributed by atoms with Gasteiger partial charge in [-0.15, -0.1) is 11.8 Å². The van der Waals surface area contributed by atoms with Gasteiger partial charge < -0.3 is 5.32 Å².